The lowest BCUT2D eigenvalue weighted by Crippen LogP contribution is -2.54. The number of alkyl carbamates (subject to hydrolysis) is 1. The van der Waals surface area contributed by atoms with Gasteiger partial charge >= 0.3 is 6.09 Å². The van der Waals surface area contributed by atoms with E-state index < -0.39 is 6.09 Å². The summed E-state index contributed by atoms with van der Waals surface area (Å²) in [6.45, 7) is 2.23. The molecule has 126 valence electrons. The number of benzene rings is 1. The van der Waals surface area contributed by atoms with E-state index in [1.165, 1.54) is 0 Å². The van der Waals surface area contributed by atoms with Crippen molar-refractivity contribution in [3.8, 4) is 0 Å². The van der Waals surface area contributed by atoms with Gasteiger partial charge in [-0.15, -0.1) is 0 Å². The molecule has 7 nitrogen and oxygen atoms in total. The van der Waals surface area contributed by atoms with Crippen LogP contribution in [0, 0.1) is 0 Å². The molecule has 1 heterocycles. The highest BCUT2D eigenvalue weighted by Gasteiger charge is 2.22. The van der Waals surface area contributed by atoms with Gasteiger partial charge in [0.05, 0.1) is 6.61 Å². The van der Waals surface area contributed by atoms with Crippen molar-refractivity contribution in [3.05, 3.63) is 35.9 Å². The smallest absolute Gasteiger partial charge is 0.407 e. The molecule has 23 heavy (non-hydrogen) atoms. The number of carbonyl (C=O) groups excluding carboxylic acids is 2. The molecule has 0 saturated carbocycles. The molecule has 2 amide bonds. The van der Waals surface area contributed by atoms with Crippen LogP contribution in [-0.2, 0) is 16.1 Å². The topological polar surface area (TPSA) is 90.9 Å². The molecule has 7 heteroatoms. The molecule has 1 aromatic rings. The fourth-order valence-corrected chi connectivity index (χ4v) is 2.38. The van der Waals surface area contributed by atoms with Crippen molar-refractivity contribution in [2.75, 3.05) is 32.8 Å². The molecule has 1 saturated heterocycles. The largest absolute Gasteiger partial charge is 0.445 e. The van der Waals surface area contributed by atoms with Gasteiger partial charge in [-0.25, -0.2) is 4.79 Å². The highest BCUT2D eigenvalue weighted by atomic mass is 16.5. The van der Waals surface area contributed by atoms with E-state index in [0.717, 1.165) is 5.56 Å². The molecule has 1 aliphatic heterocycles. The van der Waals surface area contributed by atoms with Crippen LogP contribution in [0.5, 0.6) is 0 Å². The number of carbonyl (C=O) groups is 2. The van der Waals surface area contributed by atoms with Crippen molar-refractivity contribution in [1.82, 2.24) is 15.5 Å². The van der Waals surface area contributed by atoms with Crippen LogP contribution >= 0.6 is 0 Å². The Balaban J connectivity index is 1.62. The second kappa shape index (κ2) is 9.12. The predicted octanol–water partition coefficient (Wildman–Crippen LogP) is 0.0956. The van der Waals surface area contributed by atoms with Crippen LogP contribution in [-0.4, -0.2) is 60.8 Å². The zero-order valence-electron chi connectivity index (χ0n) is 13.0. The van der Waals surface area contributed by atoms with Gasteiger partial charge in [0.1, 0.15) is 6.61 Å². The van der Waals surface area contributed by atoms with E-state index in [1.807, 2.05) is 30.3 Å². The normalized spacial score (nSPS) is 17.6. The molecule has 1 unspecified atom stereocenters. The van der Waals surface area contributed by atoms with Gasteiger partial charge in [-0.1, -0.05) is 30.3 Å². The number of amides is 2. The number of hydrogen-bond donors (Lipinski definition) is 3. The number of nitrogens with one attached hydrogen (secondary N) is 2. The first-order valence-electron chi connectivity index (χ1n) is 7.75. The van der Waals surface area contributed by atoms with Gasteiger partial charge in [-0.2, -0.15) is 0 Å². The molecular weight excluding hydrogens is 298 g/mol. The fraction of sp³-hybridized carbons (Fsp3) is 0.500. The van der Waals surface area contributed by atoms with Crippen LogP contribution in [0.3, 0.4) is 0 Å². The number of aliphatic hydroxyl groups excluding tert-OH is 1. The molecule has 0 radical (unpaired) electrons. The van der Waals surface area contributed by atoms with Gasteiger partial charge in [-0.05, 0) is 5.56 Å². The van der Waals surface area contributed by atoms with Gasteiger partial charge in [0.2, 0.25) is 5.91 Å². The summed E-state index contributed by atoms with van der Waals surface area (Å²) >= 11 is 0. The zero-order valence-corrected chi connectivity index (χ0v) is 13.0. The van der Waals surface area contributed by atoms with Gasteiger partial charge in [0, 0.05) is 38.6 Å². The van der Waals surface area contributed by atoms with Crippen molar-refractivity contribution in [2.24, 2.45) is 0 Å². The lowest BCUT2D eigenvalue weighted by molar-refractivity contribution is -0.132. The Morgan fingerprint density at radius 3 is 2.87 bits per heavy atom. The standard InChI is InChI=1S/C16H23N3O4/c20-11-14-10-19(9-8-17-14)15(21)6-7-18-16(22)23-12-13-4-2-1-3-5-13/h1-5,14,17,20H,6-12H2,(H,18,22). The molecule has 0 spiro atoms. The predicted molar refractivity (Wildman–Crippen MR) is 84.7 cm³/mol. The molecular formula is C16H23N3O4. The van der Waals surface area contributed by atoms with Crippen LogP contribution in [0.15, 0.2) is 30.3 Å². The average molecular weight is 321 g/mol. The molecule has 0 aromatic heterocycles. The Morgan fingerprint density at radius 2 is 2.13 bits per heavy atom. The van der Waals surface area contributed by atoms with Crippen LogP contribution in [0.25, 0.3) is 0 Å². The van der Waals surface area contributed by atoms with Crippen molar-refractivity contribution in [2.45, 2.75) is 19.1 Å². The van der Waals surface area contributed by atoms with Crippen molar-refractivity contribution in [3.63, 3.8) is 0 Å². The number of nitrogens with zero attached hydrogens (tertiary/aromatic N) is 1. The first-order valence-corrected chi connectivity index (χ1v) is 7.75. The molecule has 1 fully saturated rings. The maximum atomic E-state index is 12.0. The summed E-state index contributed by atoms with van der Waals surface area (Å²) in [4.78, 5) is 25.3. The molecule has 0 bridgehead atoms. The molecule has 3 N–H and O–H groups in total. The van der Waals surface area contributed by atoms with Crippen LogP contribution in [0.4, 0.5) is 4.79 Å². The fourth-order valence-electron chi connectivity index (χ4n) is 2.38. The maximum Gasteiger partial charge on any atom is 0.407 e. The third kappa shape index (κ3) is 5.88. The van der Waals surface area contributed by atoms with Gasteiger partial charge in [-0.3, -0.25) is 4.79 Å². The van der Waals surface area contributed by atoms with Crippen LogP contribution < -0.4 is 10.6 Å². The number of ether oxygens (including phenoxy) is 1. The summed E-state index contributed by atoms with van der Waals surface area (Å²) in [5.41, 5.74) is 0.912. The van der Waals surface area contributed by atoms with E-state index in [0.29, 0.717) is 19.6 Å². The Hall–Kier alpha value is -2.12. The summed E-state index contributed by atoms with van der Waals surface area (Å²) in [6.07, 6.45) is -0.311. The quantitative estimate of drug-likeness (QED) is 0.691. The lowest BCUT2D eigenvalue weighted by atomic mass is 10.2. The SMILES string of the molecule is O=C(NCCC(=O)N1CCNC(CO)C1)OCc1ccccc1. The lowest BCUT2D eigenvalue weighted by Gasteiger charge is -2.32. The summed E-state index contributed by atoms with van der Waals surface area (Å²) in [6, 6.07) is 9.33. The molecule has 2 rings (SSSR count). The third-order valence-electron chi connectivity index (χ3n) is 3.65. The summed E-state index contributed by atoms with van der Waals surface area (Å²) < 4.78 is 5.07. The minimum Gasteiger partial charge on any atom is -0.445 e. The van der Waals surface area contributed by atoms with Crippen LogP contribution in [0.2, 0.25) is 0 Å². The number of rotatable bonds is 6. The van der Waals surface area contributed by atoms with Gasteiger partial charge < -0.3 is 25.4 Å². The van der Waals surface area contributed by atoms with E-state index in [1.54, 1.807) is 4.90 Å². The first kappa shape index (κ1) is 17.2. The summed E-state index contributed by atoms with van der Waals surface area (Å²) in [7, 11) is 0. The highest BCUT2D eigenvalue weighted by Crippen LogP contribution is 2.02. The van der Waals surface area contributed by atoms with Crippen molar-refractivity contribution in [1.29, 1.82) is 0 Å². The highest BCUT2D eigenvalue weighted by molar-refractivity contribution is 5.77. The van der Waals surface area contributed by atoms with Crippen molar-refractivity contribution >= 4 is 12.0 Å². The number of hydrogen-bond acceptors (Lipinski definition) is 5. The maximum absolute atomic E-state index is 12.0. The Morgan fingerprint density at radius 1 is 1.35 bits per heavy atom. The van der Waals surface area contributed by atoms with E-state index >= 15 is 0 Å². The Bertz CT molecular complexity index is 509. The van der Waals surface area contributed by atoms with Crippen LogP contribution in [0.1, 0.15) is 12.0 Å². The zero-order chi connectivity index (χ0) is 16.5. The number of aliphatic hydroxyl groups is 1. The van der Waals surface area contributed by atoms with E-state index in [2.05, 4.69) is 10.6 Å². The Labute approximate surface area is 135 Å². The second-order valence-corrected chi connectivity index (χ2v) is 5.41. The van der Waals surface area contributed by atoms with Crippen molar-refractivity contribution < 1.29 is 19.4 Å². The summed E-state index contributed by atoms with van der Waals surface area (Å²) in [5, 5.41) is 14.8. The molecule has 0 aliphatic carbocycles. The molecule has 1 aliphatic rings. The van der Waals surface area contributed by atoms with Gasteiger partial charge in [0.25, 0.3) is 0 Å². The number of piperazine rings is 1. The first-order chi connectivity index (χ1) is 11.2. The molecule has 1 atom stereocenters. The van der Waals surface area contributed by atoms with E-state index in [4.69, 9.17) is 9.84 Å². The Kier molecular flexibility index (Phi) is 6.83. The minimum atomic E-state index is -0.532. The summed E-state index contributed by atoms with van der Waals surface area (Å²) in [5.74, 6) is -0.0340. The van der Waals surface area contributed by atoms with E-state index in [9.17, 15) is 9.59 Å². The molecule has 1 aromatic carbocycles. The van der Waals surface area contributed by atoms with Gasteiger partial charge in [0.15, 0.2) is 0 Å². The minimum absolute atomic E-state index is 0.00778. The average Bonchev–Trinajstić information content (AvgIpc) is 2.60. The van der Waals surface area contributed by atoms with E-state index in [-0.39, 0.29) is 38.1 Å². The monoisotopic (exact) mass is 321 g/mol. The second-order valence-electron chi connectivity index (χ2n) is 5.41. The third-order valence-corrected chi connectivity index (χ3v) is 3.65.